The molecule has 0 bridgehead atoms. The lowest BCUT2D eigenvalue weighted by molar-refractivity contribution is 0.620. The number of fused-ring (bicyclic) bond motifs is 1. The fourth-order valence-corrected chi connectivity index (χ4v) is 3.04. The molecule has 3 rings (SSSR count). The molecule has 0 aliphatic heterocycles. The number of aryl methyl sites for hydroxylation is 1. The largest absolute Gasteiger partial charge is 0.321 e. The van der Waals surface area contributed by atoms with Crippen LogP contribution in [0, 0.1) is 12.7 Å². The number of alkyl halides is 1. The van der Waals surface area contributed by atoms with Crippen LogP contribution in [0.5, 0.6) is 0 Å². The normalized spacial score (nSPS) is 13.0. The van der Waals surface area contributed by atoms with Crippen LogP contribution >= 0.6 is 22.9 Å². The smallest absolute Gasteiger partial charge is 0.304 e. The van der Waals surface area contributed by atoms with E-state index >= 15 is 0 Å². The molecule has 0 saturated heterocycles. The first-order valence-electron chi connectivity index (χ1n) is 6.42. The Balaban J connectivity index is 2.19. The summed E-state index contributed by atoms with van der Waals surface area (Å²) in [5, 5.41) is 1.46. The minimum absolute atomic E-state index is 0.0999. The van der Waals surface area contributed by atoms with Gasteiger partial charge in [-0.2, -0.15) is 0 Å². The summed E-state index contributed by atoms with van der Waals surface area (Å²) < 4.78 is 15.6. The molecule has 1 unspecified atom stereocenters. The first kappa shape index (κ1) is 14.3. The van der Waals surface area contributed by atoms with Crippen molar-refractivity contribution in [1.82, 2.24) is 14.5 Å². The summed E-state index contributed by atoms with van der Waals surface area (Å²) in [7, 11) is 0. The molecule has 2 aromatic heterocycles. The minimum Gasteiger partial charge on any atom is -0.321 e. The van der Waals surface area contributed by atoms with Gasteiger partial charge in [-0.25, -0.2) is 9.37 Å². The number of hydrogen-bond acceptors (Lipinski definition) is 3. The second kappa shape index (κ2) is 5.27. The van der Waals surface area contributed by atoms with E-state index in [-0.39, 0.29) is 16.1 Å². The van der Waals surface area contributed by atoms with Crippen LogP contribution in [0.25, 0.3) is 11.0 Å². The van der Waals surface area contributed by atoms with E-state index in [1.54, 1.807) is 18.4 Å². The van der Waals surface area contributed by atoms with Gasteiger partial charge in [0.05, 0.1) is 23.0 Å². The van der Waals surface area contributed by atoms with Crippen molar-refractivity contribution >= 4 is 34.0 Å². The maximum Gasteiger partial charge on any atom is 0.304 e. The number of rotatable bonds is 3. The van der Waals surface area contributed by atoms with E-state index in [0.717, 1.165) is 22.5 Å². The Morgan fingerprint density at radius 2 is 2.29 bits per heavy atom. The van der Waals surface area contributed by atoms with Gasteiger partial charge in [-0.15, -0.1) is 11.6 Å². The van der Waals surface area contributed by atoms with Crippen LogP contribution in [0.2, 0.25) is 0 Å². The number of aromatic amines is 1. The average Bonchev–Trinajstić information content (AvgIpc) is 2.96. The summed E-state index contributed by atoms with van der Waals surface area (Å²) in [4.78, 5) is 18.4. The number of thiazole rings is 1. The zero-order chi connectivity index (χ0) is 15.1. The van der Waals surface area contributed by atoms with E-state index < -0.39 is 0 Å². The van der Waals surface area contributed by atoms with Gasteiger partial charge in [-0.3, -0.25) is 4.79 Å². The highest BCUT2D eigenvalue weighted by molar-refractivity contribution is 7.07. The Labute approximate surface area is 129 Å². The molecule has 21 heavy (non-hydrogen) atoms. The summed E-state index contributed by atoms with van der Waals surface area (Å²) in [6.45, 7) is 3.98. The topological polar surface area (TPSA) is 50.7 Å². The van der Waals surface area contributed by atoms with Crippen molar-refractivity contribution in [3.8, 4) is 0 Å². The molecule has 0 aliphatic rings. The molecule has 0 fully saturated rings. The van der Waals surface area contributed by atoms with Crippen molar-refractivity contribution in [2.24, 2.45) is 0 Å². The van der Waals surface area contributed by atoms with Crippen molar-refractivity contribution in [2.45, 2.75) is 25.8 Å². The number of imidazole rings is 1. The van der Waals surface area contributed by atoms with Gasteiger partial charge < -0.3 is 9.55 Å². The van der Waals surface area contributed by atoms with Gasteiger partial charge in [0, 0.05) is 17.1 Å². The quantitative estimate of drug-likeness (QED) is 0.748. The number of nitrogens with zero attached hydrogens (tertiary/aromatic N) is 2. The van der Waals surface area contributed by atoms with Crippen molar-refractivity contribution < 1.29 is 4.39 Å². The van der Waals surface area contributed by atoms with Crippen LogP contribution in [0.3, 0.4) is 0 Å². The molecule has 4 nitrogen and oxygen atoms in total. The number of H-pyrrole nitrogens is 1. The molecule has 0 aliphatic carbocycles. The van der Waals surface area contributed by atoms with Crippen LogP contribution in [0.15, 0.2) is 22.3 Å². The zero-order valence-corrected chi connectivity index (χ0v) is 13.1. The highest BCUT2D eigenvalue weighted by atomic mass is 35.5. The van der Waals surface area contributed by atoms with Crippen LogP contribution in [-0.2, 0) is 6.54 Å². The standard InChI is InChI=1S/C14H13ClFN3OS/c1-7-3-12-11(4-10(7)16)18-13(8(2)15)19(12)5-9-6-21-14(20)17-9/h3-4,6,8H,5H2,1-2H3,(H,17,20). The Morgan fingerprint density at radius 1 is 1.52 bits per heavy atom. The lowest BCUT2D eigenvalue weighted by Crippen LogP contribution is -2.07. The third-order valence-electron chi connectivity index (χ3n) is 3.31. The Bertz CT molecular complexity index is 865. The molecule has 1 N–H and O–H groups in total. The Hall–Kier alpha value is -1.66. The van der Waals surface area contributed by atoms with Gasteiger partial charge in [0.15, 0.2) is 0 Å². The van der Waals surface area contributed by atoms with Crippen LogP contribution in [0.4, 0.5) is 4.39 Å². The van der Waals surface area contributed by atoms with Gasteiger partial charge in [-0.1, -0.05) is 11.3 Å². The van der Waals surface area contributed by atoms with E-state index in [9.17, 15) is 9.18 Å². The predicted molar refractivity (Wildman–Crippen MR) is 82.7 cm³/mol. The monoisotopic (exact) mass is 325 g/mol. The van der Waals surface area contributed by atoms with E-state index in [1.807, 2.05) is 11.5 Å². The Morgan fingerprint density at radius 3 is 2.90 bits per heavy atom. The fourth-order valence-electron chi connectivity index (χ4n) is 2.30. The molecule has 3 aromatic rings. The van der Waals surface area contributed by atoms with Gasteiger partial charge in [0.25, 0.3) is 0 Å². The number of hydrogen-bond donors (Lipinski definition) is 1. The van der Waals surface area contributed by atoms with Crippen molar-refractivity contribution in [1.29, 1.82) is 0 Å². The summed E-state index contributed by atoms with van der Waals surface area (Å²) in [5.74, 6) is 0.369. The van der Waals surface area contributed by atoms with Gasteiger partial charge in [0.1, 0.15) is 11.6 Å². The Kier molecular flexibility index (Phi) is 3.59. The van der Waals surface area contributed by atoms with Gasteiger partial charge in [0.2, 0.25) is 0 Å². The zero-order valence-electron chi connectivity index (χ0n) is 11.5. The molecule has 1 atom stereocenters. The lowest BCUT2D eigenvalue weighted by Gasteiger charge is -2.09. The third-order valence-corrected chi connectivity index (χ3v) is 4.23. The highest BCUT2D eigenvalue weighted by Crippen LogP contribution is 2.27. The molecule has 0 amide bonds. The highest BCUT2D eigenvalue weighted by Gasteiger charge is 2.17. The number of halogens is 2. The maximum absolute atomic E-state index is 13.7. The van der Waals surface area contributed by atoms with Gasteiger partial charge >= 0.3 is 4.87 Å². The van der Waals surface area contributed by atoms with Crippen molar-refractivity contribution in [2.75, 3.05) is 0 Å². The van der Waals surface area contributed by atoms with Crippen LogP contribution in [0.1, 0.15) is 29.4 Å². The number of aromatic nitrogens is 3. The lowest BCUT2D eigenvalue weighted by atomic mass is 10.2. The second-order valence-electron chi connectivity index (χ2n) is 4.94. The molecule has 0 spiro atoms. The molecule has 2 heterocycles. The summed E-state index contributed by atoms with van der Waals surface area (Å²) in [6.07, 6.45) is 0. The minimum atomic E-state index is -0.314. The summed E-state index contributed by atoms with van der Waals surface area (Å²) in [5.41, 5.74) is 2.71. The molecule has 0 radical (unpaired) electrons. The van der Waals surface area contributed by atoms with E-state index in [0.29, 0.717) is 23.4 Å². The van der Waals surface area contributed by atoms with Crippen LogP contribution < -0.4 is 4.87 Å². The molecule has 7 heteroatoms. The van der Waals surface area contributed by atoms with E-state index in [1.165, 1.54) is 6.07 Å². The molecule has 0 saturated carbocycles. The maximum atomic E-state index is 13.7. The van der Waals surface area contributed by atoms with Gasteiger partial charge in [-0.05, 0) is 25.5 Å². The van der Waals surface area contributed by atoms with Crippen molar-refractivity contribution in [3.05, 3.63) is 50.1 Å². The third kappa shape index (κ3) is 2.61. The van der Waals surface area contributed by atoms with Crippen LogP contribution in [-0.4, -0.2) is 14.5 Å². The number of benzene rings is 1. The second-order valence-corrected chi connectivity index (χ2v) is 6.43. The average molecular weight is 326 g/mol. The summed E-state index contributed by atoms with van der Waals surface area (Å²) in [6, 6.07) is 3.17. The molecular formula is C14H13ClFN3OS. The fraction of sp³-hybridized carbons (Fsp3) is 0.286. The number of nitrogens with one attached hydrogen (secondary N) is 1. The summed E-state index contributed by atoms with van der Waals surface area (Å²) >= 11 is 7.30. The molecular weight excluding hydrogens is 313 g/mol. The molecule has 1 aromatic carbocycles. The van der Waals surface area contributed by atoms with E-state index in [4.69, 9.17) is 11.6 Å². The first-order chi connectivity index (χ1) is 9.95. The van der Waals surface area contributed by atoms with E-state index in [2.05, 4.69) is 9.97 Å². The molecule has 110 valence electrons. The predicted octanol–water partition coefficient (Wildman–Crippen LogP) is 3.58. The van der Waals surface area contributed by atoms with Crippen molar-refractivity contribution in [3.63, 3.8) is 0 Å². The SMILES string of the molecule is Cc1cc2c(cc1F)nc(C(C)Cl)n2Cc1csc(=O)[nH]1. The first-order valence-corrected chi connectivity index (χ1v) is 7.74.